The van der Waals surface area contributed by atoms with Gasteiger partial charge in [0, 0.05) is 35.2 Å². The van der Waals surface area contributed by atoms with Crippen molar-refractivity contribution in [1.82, 2.24) is 14.7 Å². The molecule has 5 nitrogen and oxygen atoms in total. The number of methoxy groups -OCH3 is 1. The number of aromatic nitrogens is 2. The number of halogens is 1. The normalized spacial score (nSPS) is 10.9. The van der Waals surface area contributed by atoms with Crippen LogP contribution in [0.4, 0.5) is 0 Å². The van der Waals surface area contributed by atoms with Gasteiger partial charge in [0.05, 0.1) is 17.3 Å². The molecule has 0 saturated heterocycles. The minimum Gasteiger partial charge on any atom is -0.496 e. The highest BCUT2D eigenvalue weighted by Crippen LogP contribution is 2.26. The Labute approximate surface area is 187 Å². The number of hydrogen-bond acceptors (Lipinski definition) is 4. The van der Waals surface area contributed by atoms with Crippen molar-refractivity contribution >= 4 is 39.2 Å². The molecule has 0 bridgehead atoms. The molecule has 0 spiro atoms. The number of rotatable bonds is 7. The van der Waals surface area contributed by atoms with Crippen LogP contribution in [0.3, 0.4) is 0 Å². The van der Waals surface area contributed by atoms with E-state index in [1.807, 2.05) is 77.5 Å². The third-order valence-corrected chi connectivity index (χ3v) is 6.25. The first-order chi connectivity index (χ1) is 14.6. The Morgan fingerprint density at radius 3 is 2.73 bits per heavy atom. The molecule has 0 aliphatic rings. The standard InChI is InChI=1S/C23H20BrN3O2S/c1-29-21-10-5-16(12-20(21)24)13-25-23(28)17-6-8-19(9-7-17)30-15-18-14-27-11-3-2-4-22(27)26-18/h2-12,14H,13,15H2,1H3,(H,25,28). The number of pyridine rings is 1. The van der Waals surface area contributed by atoms with Crippen molar-refractivity contribution in [2.75, 3.05) is 7.11 Å². The van der Waals surface area contributed by atoms with Crippen molar-refractivity contribution in [3.05, 3.63) is 94.4 Å². The minimum absolute atomic E-state index is 0.0983. The molecule has 30 heavy (non-hydrogen) atoms. The average Bonchev–Trinajstić information content (AvgIpc) is 3.19. The first-order valence-corrected chi connectivity index (χ1v) is 11.2. The van der Waals surface area contributed by atoms with Crippen LogP contribution in [0.15, 0.2) is 82.4 Å². The molecule has 0 unspecified atom stereocenters. The fourth-order valence-corrected chi connectivity index (χ4v) is 4.39. The first-order valence-electron chi connectivity index (χ1n) is 9.38. The summed E-state index contributed by atoms with van der Waals surface area (Å²) in [6, 6.07) is 19.4. The van der Waals surface area contributed by atoms with Crippen LogP contribution >= 0.6 is 27.7 Å². The Hall–Kier alpha value is -2.77. The van der Waals surface area contributed by atoms with Gasteiger partial charge < -0.3 is 14.5 Å². The molecule has 2 aromatic carbocycles. The van der Waals surface area contributed by atoms with E-state index in [1.165, 1.54) is 0 Å². The summed E-state index contributed by atoms with van der Waals surface area (Å²) < 4.78 is 8.11. The van der Waals surface area contributed by atoms with Crippen LogP contribution in [0.2, 0.25) is 0 Å². The molecule has 7 heteroatoms. The fraction of sp³-hybridized carbons (Fsp3) is 0.130. The van der Waals surface area contributed by atoms with E-state index >= 15 is 0 Å². The maximum atomic E-state index is 12.4. The highest BCUT2D eigenvalue weighted by atomic mass is 79.9. The van der Waals surface area contributed by atoms with Crippen molar-refractivity contribution < 1.29 is 9.53 Å². The Balaban J connectivity index is 1.32. The van der Waals surface area contributed by atoms with Crippen LogP contribution in [0, 0.1) is 0 Å². The third-order valence-electron chi connectivity index (χ3n) is 4.59. The molecule has 152 valence electrons. The number of carbonyl (C=O) groups excluding carboxylic acids is 1. The lowest BCUT2D eigenvalue weighted by Gasteiger charge is -2.08. The monoisotopic (exact) mass is 481 g/mol. The second-order valence-corrected chi connectivity index (χ2v) is 8.57. The molecule has 0 aliphatic carbocycles. The van der Waals surface area contributed by atoms with Crippen LogP contribution < -0.4 is 10.1 Å². The van der Waals surface area contributed by atoms with Gasteiger partial charge in [-0.05, 0) is 70.0 Å². The summed E-state index contributed by atoms with van der Waals surface area (Å²) in [6.07, 6.45) is 4.04. The molecule has 1 amide bonds. The van der Waals surface area contributed by atoms with Crippen LogP contribution in [0.1, 0.15) is 21.6 Å². The zero-order valence-corrected chi connectivity index (χ0v) is 18.7. The molecule has 0 fully saturated rings. The lowest BCUT2D eigenvalue weighted by molar-refractivity contribution is 0.0951. The third kappa shape index (κ3) is 4.86. The number of ether oxygens (including phenoxy) is 1. The lowest BCUT2D eigenvalue weighted by atomic mass is 10.2. The number of hydrogen-bond donors (Lipinski definition) is 1. The molecule has 0 aliphatic heterocycles. The van der Waals surface area contributed by atoms with Gasteiger partial charge in [0.1, 0.15) is 11.4 Å². The van der Waals surface area contributed by atoms with Crippen molar-refractivity contribution in [3.63, 3.8) is 0 Å². The first kappa shape index (κ1) is 20.5. The van der Waals surface area contributed by atoms with Gasteiger partial charge in [-0.2, -0.15) is 0 Å². The van der Waals surface area contributed by atoms with E-state index in [4.69, 9.17) is 4.74 Å². The average molecular weight is 482 g/mol. The summed E-state index contributed by atoms with van der Waals surface area (Å²) in [5.41, 5.74) is 3.61. The molecular weight excluding hydrogens is 462 g/mol. The number of nitrogens with zero attached hydrogens (tertiary/aromatic N) is 2. The molecule has 2 heterocycles. The van der Waals surface area contributed by atoms with Crippen molar-refractivity contribution in [2.24, 2.45) is 0 Å². The van der Waals surface area contributed by atoms with Crippen molar-refractivity contribution in [1.29, 1.82) is 0 Å². The van der Waals surface area contributed by atoms with Gasteiger partial charge in [0.2, 0.25) is 0 Å². The van der Waals surface area contributed by atoms with Gasteiger partial charge in [0.15, 0.2) is 0 Å². The van der Waals surface area contributed by atoms with Crippen molar-refractivity contribution in [2.45, 2.75) is 17.2 Å². The summed E-state index contributed by atoms with van der Waals surface area (Å²) in [5, 5.41) is 2.95. The van der Waals surface area contributed by atoms with Crippen molar-refractivity contribution in [3.8, 4) is 5.75 Å². The Bertz CT molecular complexity index is 1140. The number of amides is 1. The van der Waals surface area contributed by atoms with Crippen LogP contribution in [0.5, 0.6) is 5.75 Å². The maximum Gasteiger partial charge on any atom is 0.251 e. The number of nitrogens with one attached hydrogen (secondary N) is 1. The second-order valence-electron chi connectivity index (χ2n) is 6.66. The summed E-state index contributed by atoms with van der Waals surface area (Å²) >= 11 is 5.16. The summed E-state index contributed by atoms with van der Waals surface area (Å²) in [4.78, 5) is 18.2. The quantitative estimate of drug-likeness (QED) is 0.362. The molecular formula is C23H20BrN3O2S. The molecule has 0 radical (unpaired) electrons. The molecule has 4 aromatic rings. The molecule has 4 rings (SSSR count). The topological polar surface area (TPSA) is 55.6 Å². The number of thioether (sulfide) groups is 1. The number of benzene rings is 2. The van der Waals surface area contributed by atoms with E-state index in [2.05, 4.69) is 26.2 Å². The van der Waals surface area contributed by atoms with Gasteiger partial charge in [-0.15, -0.1) is 11.8 Å². The van der Waals surface area contributed by atoms with E-state index in [-0.39, 0.29) is 5.91 Å². The SMILES string of the molecule is COc1ccc(CNC(=O)c2ccc(SCc3cn4ccccc4n3)cc2)cc1Br. The van der Waals surface area contributed by atoms with Gasteiger partial charge in [-0.25, -0.2) is 4.98 Å². The Morgan fingerprint density at radius 1 is 1.17 bits per heavy atom. The zero-order valence-electron chi connectivity index (χ0n) is 16.3. The van der Waals surface area contributed by atoms with E-state index in [1.54, 1.807) is 18.9 Å². The number of imidazole rings is 1. The van der Waals surface area contributed by atoms with Crippen LogP contribution in [-0.4, -0.2) is 22.4 Å². The largest absolute Gasteiger partial charge is 0.496 e. The number of carbonyl (C=O) groups is 1. The van der Waals surface area contributed by atoms with Gasteiger partial charge in [-0.1, -0.05) is 12.1 Å². The van der Waals surface area contributed by atoms with E-state index < -0.39 is 0 Å². The maximum absolute atomic E-state index is 12.4. The van der Waals surface area contributed by atoms with E-state index in [9.17, 15) is 4.79 Å². The fourth-order valence-electron chi connectivity index (χ4n) is 3.02. The molecule has 2 aromatic heterocycles. The highest BCUT2D eigenvalue weighted by Gasteiger charge is 2.08. The van der Waals surface area contributed by atoms with Gasteiger partial charge in [-0.3, -0.25) is 4.79 Å². The van der Waals surface area contributed by atoms with E-state index in [0.29, 0.717) is 12.1 Å². The molecule has 0 saturated carbocycles. The lowest BCUT2D eigenvalue weighted by Crippen LogP contribution is -2.22. The molecule has 1 N–H and O–H groups in total. The Morgan fingerprint density at radius 2 is 2.00 bits per heavy atom. The summed E-state index contributed by atoms with van der Waals surface area (Å²) in [5.74, 6) is 1.44. The van der Waals surface area contributed by atoms with Gasteiger partial charge in [0.25, 0.3) is 5.91 Å². The second kappa shape index (κ2) is 9.36. The van der Waals surface area contributed by atoms with Crippen LogP contribution in [0.25, 0.3) is 5.65 Å². The predicted molar refractivity (Wildman–Crippen MR) is 123 cm³/mol. The summed E-state index contributed by atoms with van der Waals surface area (Å²) in [6.45, 7) is 0.450. The Kier molecular flexibility index (Phi) is 6.40. The number of fused-ring (bicyclic) bond motifs is 1. The highest BCUT2D eigenvalue weighted by molar-refractivity contribution is 9.10. The minimum atomic E-state index is -0.0983. The zero-order chi connectivity index (χ0) is 20.9. The van der Waals surface area contributed by atoms with Crippen LogP contribution in [-0.2, 0) is 12.3 Å². The predicted octanol–water partition coefficient (Wildman–Crippen LogP) is 5.33. The summed E-state index contributed by atoms with van der Waals surface area (Å²) in [7, 11) is 1.63. The van der Waals surface area contributed by atoms with E-state index in [0.717, 1.165) is 37.8 Å². The van der Waals surface area contributed by atoms with Gasteiger partial charge >= 0.3 is 0 Å². The smallest absolute Gasteiger partial charge is 0.251 e. The molecule has 0 atom stereocenters.